The monoisotopic (exact) mass is 399 g/mol. The fourth-order valence-corrected chi connectivity index (χ4v) is 4.31. The topological polar surface area (TPSA) is 71.8 Å². The molecule has 1 aromatic heterocycles. The van der Waals surface area contributed by atoms with Gasteiger partial charge >= 0.3 is 0 Å². The summed E-state index contributed by atoms with van der Waals surface area (Å²) in [5, 5.41) is 12.3. The van der Waals surface area contributed by atoms with Crippen molar-refractivity contribution in [2.24, 2.45) is 0 Å². The molecule has 3 aromatic rings. The van der Waals surface area contributed by atoms with Crippen molar-refractivity contribution >= 4 is 35.0 Å². The number of carbonyl (C=O) groups excluding carboxylic acids is 1. The quantitative estimate of drug-likeness (QED) is 0.696. The smallest absolute Gasteiger partial charge is 0.240 e. The van der Waals surface area contributed by atoms with Gasteiger partial charge in [0, 0.05) is 17.1 Å². The molecule has 1 aliphatic rings. The number of nitrogens with zero attached hydrogens (tertiary/aromatic N) is 3. The highest BCUT2D eigenvalue weighted by Crippen LogP contribution is 2.37. The van der Waals surface area contributed by atoms with E-state index in [2.05, 4.69) is 20.9 Å². The molecule has 0 unspecified atom stereocenters. The Labute approximate surface area is 166 Å². The van der Waals surface area contributed by atoms with Crippen molar-refractivity contribution in [1.29, 1.82) is 0 Å². The third-order valence-corrected chi connectivity index (χ3v) is 5.78. The van der Waals surface area contributed by atoms with Crippen LogP contribution in [0.2, 0.25) is 5.02 Å². The molecule has 2 aromatic carbocycles. The Balaban J connectivity index is 1.66. The number of aryl methyl sites for hydroxylation is 1. The second-order valence-corrected chi connectivity index (χ2v) is 7.69. The van der Waals surface area contributed by atoms with Gasteiger partial charge in [-0.25, -0.2) is 4.68 Å². The van der Waals surface area contributed by atoms with Crippen molar-refractivity contribution in [3.63, 3.8) is 0 Å². The van der Waals surface area contributed by atoms with Crippen LogP contribution in [0.1, 0.15) is 24.4 Å². The summed E-state index contributed by atoms with van der Waals surface area (Å²) >= 11 is 7.44. The average Bonchev–Trinajstić information content (AvgIpc) is 3.10. The molecule has 2 heterocycles. The van der Waals surface area contributed by atoms with Gasteiger partial charge in [0.15, 0.2) is 5.82 Å². The van der Waals surface area contributed by atoms with Gasteiger partial charge in [-0.3, -0.25) is 4.79 Å². The molecule has 0 spiro atoms. The Hall–Kier alpha value is -2.51. The molecule has 2 N–H and O–H groups in total. The van der Waals surface area contributed by atoms with E-state index in [0.717, 1.165) is 17.8 Å². The van der Waals surface area contributed by atoms with Crippen LogP contribution in [0.5, 0.6) is 0 Å². The van der Waals surface area contributed by atoms with Crippen LogP contribution < -0.4 is 10.7 Å². The van der Waals surface area contributed by atoms with E-state index in [9.17, 15) is 4.79 Å². The number of hydrogen-bond donors (Lipinski definition) is 2. The van der Waals surface area contributed by atoms with Gasteiger partial charge < -0.3 is 10.7 Å². The van der Waals surface area contributed by atoms with Gasteiger partial charge in [0.05, 0.1) is 6.04 Å². The third-order valence-electron chi connectivity index (χ3n) is 4.33. The molecule has 0 bridgehead atoms. The lowest BCUT2D eigenvalue weighted by Gasteiger charge is -2.33. The second-order valence-electron chi connectivity index (χ2n) is 6.14. The summed E-state index contributed by atoms with van der Waals surface area (Å²) in [6.45, 7) is 2.03. The largest absolute Gasteiger partial charge is 0.325 e. The van der Waals surface area contributed by atoms with E-state index in [1.54, 1.807) is 12.1 Å². The molecular weight excluding hydrogens is 382 g/mol. The number of nitrogens with one attached hydrogen (secondary N) is 2. The Morgan fingerprint density at radius 3 is 2.78 bits per heavy atom. The van der Waals surface area contributed by atoms with Crippen molar-refractivity contribution < 1.29 is 4.79 Å². The number of hydrogen-bond acceptors (Lipinski definition) is 5. The van der Waals surface area contributed by atoms with Crippen molar-refractivity contribution in [1.82, 2.24) is 14.9 Å². The molecule has 0 aliphatic carbocycles. The first kappa shape index (κ1) is 17.9. The molecule has 0 fully saturated rings. The molecule has 2 atom stereocenters. The average molecular weight is 400 g/mol. The van der Waals surface area contributed by atoms with Gasteiger partial charge in [-0.1, -0.05) is 66.7 Å². The number of carbonyl (C=O) groups is 1. The Morgan fingerprint density at radius 1 is 1.22 bits per heavy atom. The van der Waals surface area contributed by atoms with Gasteiger partial charge in [0.1, 0.15) is 5.25 Å². The Kier molecular flexibility index (Phi) is 5.05. The second kappa shape index (κ2) is 7.62. The highest BCUT2D eigenvalue weighted by atomic mass is 35.5. The number of amides is 1. The number of halogens is 1. The molecule has 27 heavy (non-hydrogen) atoms. The Morgan fingerprint density at radius 2 is 2.04 bits per heavy atom. The van der Waals surface area contributed by atoms with E-state index in [1.165, 1.54) is 11.8 Å². The summed E-state index contributed by atoms with van der Waals surface area (Å²) in [6, 6.07) is 16.8. The molecule has 1 amide bonds. The predicted octanol–water partition coefficient (Wildman–Crippen LogP) is 3.89. The summed E-state index contributed by atoms with van der Waals surface area (Å²) in [4.78, 5) is 13.1. The third kappa shape index (κ3) is 3.65. The summed E-state index contributed by atoms with van der Waals surface area (Å²) in [5.74, 6) is 0.725. The zero-order valence-corrected chi connectivity index (χ0v) is 16.2. The minimum absolute atomic E-state index is 0.115. The van der Waals surface area contributed by atoms with Crippen LogP contribution in [0, 0.1) is 0 Å². The summed E-state index contributed by atoms with van der Waals surface area (Å²) in [5.41, 5.74) is 5.12. The van der Waals surface area contributed by atoms with Crippen LogP contribution in [0.4, 0.5) is 5.69 Å². The maximum absolute atomic E-state index is 13.1. The van der Waals surface area contributed by atoms with Crippen LogP contribution in [0.25, 0.3) is 0 Å². The molecule has 8 heteroatoms. The first-order chi connectivity index (χ1) is 13.2. The van der Waals surface area contributed by atoms with Crippen molar-refractivity contribution in [3.05, 3.63) is 71.0 Å². The lowest BCUT2D eigenvalue weighted by atomic mass is 10.0. The van der Waals surface area contributed by atoms with Gasteiger partial charge in [-0.2, -0.15) is 0 Å². The molecule has 138 valence electrons. The highest BCUT2D eigenvalue weighted by molar-refractivity contribution is 8.00. The number of fused-ring (bicyclic) bond motifs is 1. The summed E-state index contributed by atoms with van der Waals surface area (Å²) in [6.07, 6.45) is 0.751. The lowest BCUT2D eigenvalue weighted by Crippen LogP contribution is -2.41. The molecule has 0 saturated heterocycles. The normalized spacial score (nSPS) is 18.4. The maximum Gasteiger partial charge on any atom is 0.240 e. The van der Waals surface area contributed by atoms with Crippen LogP contribution >= 0.6 is 23.4 Å². The Bertz CT molecular complexity index is 962. The number of aromatic nitrogens is 3. The van der Waals surface area contributed by atoms with E-state index in [1.807, 2.05) is 54.1 Å². The molecular formula is C19H18ClN5OS. The standard InChI is InChI=1S/C19H18ClN5OS/c1-2-15-22-23-19-25(15)24-16(12-7-4-3-5-8-12)17(27-19)18(26)21-14-10-6-9-13(20)11-14/h3-11,16-17,24H,2H2,1H3,(H,21,26)/t16-,17+/m0/s1. The molecule has 0 radical (unpaired) electrons. The molecule has 4 rings (SSSR count). The molecule has 0 saturated carbocycles. The summed E-state index contributed by atoms with van der Waals surface area (Å²) in [7, 11) is 0. The zero-order chi connectivity index (χ0) is 18.8. The summed E-state index contributed by atoms with van der Waals surface area (Å²) < 4.78 is 1.88. The number of rotatable bonds is 4. The van der Waals surface area contributed by atoms with Crippen molar-refractivity contribution in [3.8, 4) is 0 Å². The van der Waals surface area contributed by atoms with E-state index in [-0.39, 0.29) is 11.9 Å². The van der Waals surface area contributed by atoms with Crippen LogP contribution in [-0.4, -0.2) is 26.0 Å². The maximum atomic E-state index is 13.1. The van der Waals surface area contributed by atoms with Gasteiger partial charge in [-0.05, 0) is 23.8 Å². The fraction of sp³-hybridized carbons (Fsp3) is 0.211. The number of thioether (sulfide) groups is 1. The van der Waals surface area contributed by atoms with Gasteiger partial charge in [0.2, 0.25) is 11.1 Å². The fourth-order valence-electron chi connectivity index (χ4n) is 3.02. The van der Waals surface area contributed by atoms with Crippen LogP contribution in [-0.2, 0) is 11.2 Å². The molecule has 1 aliphatic heterocycles. The van der Waals surface area contributed by atoms with E-state index in [4.69, 9.17) is 11.6 Å². The van der Waals surface area contributed by atoms with Crippen LogP contribution in [0.3, 0.4) is 0 Å². The van der Waals surface area contributed by atoms with E-state index >= 15 is 0 Å². The SMILES string of the molecule is CCc1nnc2n1N[C@@H](c1ccccc1)[C@H](C(=O)Nc1cccc(Cl)c1)S2. The van der Waals surface area contributed by atoms with E-state index in [0.29, 0.717) is 15.9 Å². The zero-order valence-electron chi connectivity index (χ0n) is 14.6. The lowest BCUT2D eigenvalue weighted by molar-refractivity contribution is -0.116. The first-order valence-electron chi connectivity index (χ1n) is 8.64. The minimum atomic E-state index is -0.409. The highest BCUT2D eigenvalue weighted by Gasteiger charge is 2.37. The van der Waals surface area contributed by atoms with Crippen molar-refractivity contribution in [2.75, 3.05) is 10.7 Å². The van der Waals surface area contributed by atoms with Gasteiger partial charge in [0.25, 0.3) is 0 Å². The molecule has 6 nitrogen and oxygen atoms in total. The van der Waals surface area contributed by atoms with Gasteiger partial charge in [-0.15, -0.1) is 10.2 Å². The number of anilines is 1. The first-order valence-corrected chi connectivity index (χ1v) is 9.90. The number of benzene rings is 2. The predicted molar refractivity (Wildman–Crippen MR) is 108 cm³/mol. The minimum Gasteiger partial charge on any atom is -0.325 e. The van der Waals surface area contributed by atoms with Crippen LogP contribution in [0.15, 0.2) is 59.8 Å². The van der Waals surface area contributed by atoms with Crippen molar-refractivity contribution in [2.45, 2.75) is 29.8 Å². The van der Waals surface area contributed by atoms with E-state index < -0.39 is 5.25 Å².